The number of halogens is 1. The Hall–Kier alpha value is -3.20. The van der Waals surface area contributed by atoms with Gasteiger partial charge in [0, 0.05) is 31.6 Å². The van der Waals surface area contributed by atoms with Crippen molar-refractivity contribution in [3.05, 3.63) is 107 Å². The molecule has 36 heavy (non-hydrogen) atoms. The van der Waals surface area contributed by atoms with Gasteiger partial charge in [-0.25, -0.2) is 8.42 Å². The molecule has 0 aliphatic heterocycles. The van der Waals surface area contributed by atoms with E-state index >= 15 is 0 Å². The van der Waals surface area contributed by atoms with E-state index in [0.717, 1.165) is 27.3 Å². The SMILES string of the molecule is CNC(=O)C(Cc1ccccc1)N(Cc1ccc(Cl)cc1)C(=O)CN(Cc1ccccc1)S(C)(=O)=O. The molecule has 0 saturated carbocycles. The molecule has 1 N–H and O–H groups in total. The van der Waals surface area contributed by atoms with Crippen LogP contribution in [0.3, 0.4) is 0 Å². The lowest BCUT2D eigenvalue weighted by Crippen LogP contribution is -2.52. The molecule has 0 saturated heterocycles. The molecule has 0 spiro atoms. The number of amides is 2. The Kier molecular flexibility index (Phi) is 9.64. The third-order valence-corrected chi connectivity index (χ3v) is 7.21. The average Bonchev–Trinajstić information content (AvgIpc) is 2.87. The zero-order chi connectivity index (χ0) is 26.1. The van der Waals surface area contributed by atoms with Crippen molar-refractivity contribution in [3.8, 4) is 0 Å². The van der Waals surface area contributed by atoms with Gasteiger partial charge in [0.15, 0.2) is 0 Å². The lowest BCUT2D eigenvalue weighted by molar-refractivity contribution is -0.141. The molecule has 0 bridgehead atoms. The van der Waals surface area contributed by atoms with Gasteiger partial charge in [0.25, 0.3) is 0 Å². The van der Waals surface area contributed by atoms with Gasteiger partial charge in [0.05, 0.1) is 12.8 Å². The third-order valence-electron chi connectivity index (χ3n) is 5.77. The van der Waals surface area contributed by atoms with Crippen molar-refractivity contribution < 1.29 is 18.0 Å². The van der Waals surface area contributed by atoms with E-state index in [4.69, 9.17) is 11.6 Å². The zero-order valence-electron chi connectivity index (χ0n) is 20.3. The molecular weight excluding hydrogens is 498 g/mol. The molecule has 7 nitrogen and oxygen atoms in total. The molecule has 9 heteroatoms. The molecule has 1 atom stereocenters. The molecule has 190 valence electrons. The molecule has 2 amide bonds. The smallest absolute Gasteiger partial charge is 0.242 e. The summed E-state index contributed by atoms with van der Waals surface area (Å²) in [5.41, 5.74) is 2.40. The van der Waals surface area contributed by atoms with Gasteiger partial charge < -0.3 is 10.2 Å². The average molecular weight is 528 g/mol. The summed E-state index contributed by atoms with van der Waals surface area (Å²) in [5, 5.41) is 3.20. The van der Waals surface area contributed by atoms with E-state index < -0.39 is 28.5 Å². The summed E-state index contributed by atoms with van der Waals surface area (Å²) < 4.78 is 26.3. The molecule has 0 heterocycles. The van der Waals surface area contributed by atoms with Crippen LogP contribution < -0.4 is 5.32 Å². The summed E-state index contributed by atoms with van der Waals surface area (Å²) in [7, 11) is -2.20. The van der Waals surface area contributed by atoms with Crippen LogP contribution in [0.15, 0.2) is 84.9 Å². The van der Waals surface area contributed by atoms with Gasteiger partial charge in [0.1, 0.15) is 6.04 Å². The molecule has 0 aliphatic rings. The quantitative estimate of drug-likeness (QED) is 0.413. The maximum absolute atomic E-state index is 13.7. The maximum atomic E-state index is 13.7. The highest BCUT2D eigenvalue weighted by Gasteiger charge is 2.32. The van der Waals surface area contributed by atoms with Crippen molar-refractivity contribution >= 4 is 33.4 Å². The van der Waals surface area contributed by atoms with Gasteiger partial charge in [-0.15, -0.1) is 0 Å². The summed E-state index contributed by atoms with van der Waals surface area (Å²) in [4.78, 5) is 28.2. The van der Waals surface area contributed by atoms with Crippen molar-refractivity contribution in [2.75, 3.05) is 19.8 Å². The first-order valence-electron chi connectivity index (χ1n) is 11.5. The van der Waals surface area contributed by atoms with Crippen LogP contribution in [0.4, 0.5) is 0 Å². The number of carbonyl (C=O) groups excluding carboxylic acids is 2. The van der Waals surface area contributed by atoms with Crippen LogP contribution in [0.1, 0.15) is 16.7 Å². The Balaban J connectivity index is 1.95. The summed E-state index contributed by atoms with van der Waals surface area (Å²) >= 11 is 6.03. The molecule has 3 rings (SSSR count). The van der Waals surface area contributed by atoms with Gasteiger partial charge in [-0.2, -0.15) is 4.31 Å². The number of likely N-dealkylation sites (N-methyl/N-ethyl adjacent to an activating group) is 1. The fourth-order valence-electron chi connectivity index (χ4n) is 3.83. The van der Waals surface area contributed by atoms with E-state index in [0.29, 0.717) is 5.02 Å². The Labute approximate surface area is 217 Å². The molecule has 0 fully saturated rings. The van der Waals surface area contributed by atoms with Crippen LogP contribution in [-0.4, -0.2) is 55.3 Å². The van der Waals surface area contributed by atoms with Crippen molar-refractivity contribution in [2.24, 2.45) is 0 Å². The molecule has 0 radical (unpaired) electrons. The minimum absolute atomic E-state index is 0.0452. The topological polar surface area (TPSA) is 86.8 Å². The normalized spacial score (nSPS) is 12.2. The van der Waals surface area contributed by atoms with E-state index in [9.17, 15) is 18.0 Å². The van der Waals surface area contributed by atoms with E-state index in [1.807, 2.05) is 48.5 Å². The first kappa shape index (κ1) is 27.4. The van der Waals surface area contributed by atoms with Crippen molar-refractivity contribution in [2.45, 2.75) is 25.6 Å². The highest BCUT2D eigenvalue weighted by Crippen LogP contribution is 2.18. The van der Waals surface area contributed by atoms with Crippen molar-refractivity contribution in [1.29, 1.82) is 0 Å². The number of nitrogens with zero attached hydrogens (tertiary/aromatic N) is 2. The largest absolute Gasteiger partial charge is 0.357 e. The number of hydrogen-bond acceptors (Lipinski definition) is 4. The van der Waals surface area contributed by atoms with E-state index in [1.165, 1.54) is 11.9 Å². The third kappa shape index (κ3) is 7.91. The number of sulfonamides is 1. The minimum atomic E-state index is -3.71. The standard InChI is InChI=1S/C27H30ClN3O4S/c1-29-27(33)25(17-21-9-5-3-6-10-21)31(19-23-13-15-24(28)16-14-23)26(32)20-30(36(2,34)35)18-22-11-7-4-8-12-22/h3-16,25H,17-20H2,1-2H3,(H,29,33). The number of rotatable bonds is 11. The van der Waals surface area contributed by atoms with Crippen LogP contribution in [0, 0.1) is 0 Å². The summed E-state index contributed by atoms with van der Waals surface area (Å²) in [5.74, 6) is -0.814. The van der Waals surface area contributed by atoms with E-state index in [-0.39, 0.29) is 25.4 Å². The number of hydrogen-bond donors (Lipinski definition) is 1. The Morgan fingerprint density at radius 2 is 1.36 bits per heavy atom. The molecule has 0 aromatic heterocycles. The number of nitrogens with one attached hydrogen (secondary N) is 1. The second-order valence-electron chi connectivity index (χ2n) is 8.48. The Bertz CT molecular complexity index is 1250. The first-order valence-corrected chi connectivity index (χ1v) is 13.7. The van der Waals surface area contributed by atoms with Gasteiger partial charge in [-0.3, -0.25) is 9.59 Å². The second-order valence-corrected chi connectivity index (χ2v) is 10.9. The lowest BCUT2D eigenvalue weighted by atomic mass is 10.0. The van der Waals surface area contributed by atoms with Gasteiger partial charge in [-0.05, 0) is 28.8 Å². The van der Waals surface area contributed by atoms with Crippen LogP contribution in [-0.2, 0) is 39.1 Å². The fraction of sp³-hybridized carbons (Fsp3) is 0.259. The second kappa shape index (κ2) is 12.7. The Morgan fingerprint density at radius 1 is 0.833 bits per heavy atom. The molecular formula is C27H30ClN3O4S. The predicted octanol–water partition coefficient (Wildman–Crippen LogP) is 3.49. The van der Waals surface area contributed by atoms with Crippen molar-refractivity contribution in [3.63, 3.8) is 0 Å². The van der Waals surface area contributed by atoms with Crippen LogP contribution >= 0.6 is 11.6 Å². The molecule has 3 aromatic carbocycles. The van der Waals surface area contributed by atoms with Gasteiger partial charge in [-0.1, -0.05) is 84.4 Å². The highest BCUT2D eigenvalue weighted by atomic mass is 35.5. The van der Waals surface area contributed by atoms with E-state index in [1.54, 1.807) is 36.4 Å². The first-order chi connectivity index (χ1) is 17.2. The monoisotopic (exact) mass is 527 g/mol. The van der Waals surface area contributed by atoms with E-state index in [2.05, 4.69) is 5.32 Å². The van der Waals surface area contributed by atoms with Crippen molar-refractivity contribution in [1.82, 2.24) is 14.5 Å². The predicted molar refractivity (Wildman–Crippen MR) is 142 cm³/mol. The minimum Gasteiger partial charge on any atom is -0.357 e. The summed E-state index contributed by atoms with van der Waals surface area (Å²) in [6, 6.07) is 24.6. The Morgan fingerprint density at radius 3 is 1.89 bits per heavy atom. The summed E-state index contributed by atoms with van der Waals surface area (Å²) in [6.45, 7) is -0.239. The summed E-state index contributed by atoms with van der Waals surface area (Å²) in [6.07, 6.45) is 1.35. The fourth-order valence-corrected chi connectivity index (χ4v) is 4.68. The highest BCUT2D eigenvalue weighted by molar-refractivity contribution is 7.88. The number of benzene rings is 3. The molecule has 1 unspecified atom stereocenters. The van der Waals surface area contributed by atoms with Crippen LogP contribution in [0.25, 0.3) is 0 Å². The van der Waals surface area contributed by atoms with Crippen LogP contribution in [0.2, 0.25) is 5.02 Å². The molecule has 0 aliphatic carbocycles. The van der Waals surface area contributed by atoms with Crippen LogP contribution in [0.5, 0.6) is 0 Å². The van der Waals surface area contributed by atoms with Gasteiger partial charge in [0.2, 0.25) is 21.8 Å². The zero-order valence-corrected chi connectivity index (χ0v) is 21.9. The number of carbonyl (C=O) groups is 2. The molecule has 3 aromatic rings. The van der Waals surface area contributed by atoms with Gasteiger partial charge >= 0.3 is 0 Å². The maximum Gasteiger partial charge on any atom is 0.242 e. The lowest BCUT2D eigenvalue weighted by Gasteiger charge is -2.33.